The number of hydrogen-bond donors (Lipinski definition) is 2. The highest BCUT2D eigenvalue weighted by Gasteiger charge is 2.25. The van der Waals surface area contributed by atoms with Gasteiger partial charge in [-0.25, -0.2) is 4.39 Å². The highest BCUT2D eigenvalue weighted by atomic mass is 79.9. The van der Waals surface area contributed by atoms with Crippen LogP contribution in [0.5, 0.6) is 0 Å². The number of hydrogen-bond acceptors (Lipinski definition) is 2. The van der Waals surface area contributed by atoms with Crippen LogP contribution >= 0.6 is 15.9 Å². The summed E-state index contributed by atoms with van der Waals surface area (Å²) < 4.78 is 14.9. The van der Waals surface area contributed by atoms with Crippen LogP contribution in [-0.2, 0) is 5.41 Å². The predicted molar refractivity (Wildman–Crippen MR) is 81.0 cm³/mol. The van der Waals surface area contributed by atoms with Crippen molar-refractivity contribution in [2.45, 2.75) is 38.1 Å². The molecule has 0 unspecified atom stereocenters. The van der Waals surface area contributed by atoms with Crippen LogP contribution in [-0.4, -0.2) is 25.7 Å². The molecule has 2 N–H and O–H groups in total. The first-order valence-electron chi connectivity index (χ1n) is 6.89. The van der Waals surface area contributed by atoms with Crippen molar-refractivity contribution in [3.8, 4) is 0 Å². The number of nitrogens with one attached hydrogen (secondary N) is 2. The van der Waals surface area contributed by atoms with E-state index in [-0.39, 0.29) is 11.2 Å². The lowest BCUT2D eigenvalue weighted by atomic mass is 9.83. The predicted octanol–water partition coefficient (Wildman–Crippen LogP) is 3.21. The van der Waals surface area contributed by atoms with Gasteiger partial charge in [-0.3, -0.25) is 0 Å². The van der Waals surface area contributed by atoms with Gasteiger partial charge in [-0.05, 0) is 49.7 Å². The third-order valence-electron chi connectivity index (χ3n) is 3.83. The van der Waals surface area contributed by atoms with Gasteiger partial charge in [0.2, 0.25) is 0 Å². The Morgan fingerprint density at radius 1 is 1.37 bits per heavy atom. The van der Waals surface area contributed by atoms with Gasteiger partial charge >= 0.3 is 0 Å². The van der Waals surface area contributed by atoms with E-state index in [4.69, 9.17) is 0 Å². The topological polar surface area (TPSA) is 24.1 Å². The Bertz CT molecular complexity index is 428. The smallest absolute Gasteiger partial charge is 0.127 e. The molecule has 2 rings (SSSR count). The highest BCUT2D eigenvalue weighted by molar-refractivity contribution is 9.10. The van der Waals surface area contributed by atoms with Gasteiger partial charge in [0.25, 0.3) is 0 Å². The summed E-state index contributed by atoms with van der Waals surface area (Å²) in [6.45, 7) is 7.12. The van der Waals surface area contributed by atoms with Crippen LogP contribution in [0.2, 0.25) is 0 Å². The molecule has 1 heterocycles. The van der Waals surface area contributed by atoms with Crippen molar-refractivity contribution in [2.24, 2.45) is 0 Å². The summed E-state index contributed by atoms with van der Waals surface area (Å²) in [5, 5.41) is 6.94. The van der Waals surface area contributed by atoms with E-state index in [1.54, 1.807) is 6.07 Å². The third kappa shape index (κ3) is 4.01. The molecular formula is C15H22BrFN2. The second kappa shape index (κ2) is 6.33. The molecule has 1 saturated heterocycles. The van der Waals surface area contributed by atoms with Crippen LogP contribution in [0.4, 0.5) is 4.39 Å². The van der Waals surface area contributed by atoms with Gasteiger partial charge in [0, 0.05) is 22.5 Å². The summed E-state index contributed by atoms with van der Waals surface area (Å²) >= 11 is 3.42. The SMILES string of the molecule is CC(C)(CNC1CCNCC1)c1cc(Br)ccc1F. The third-order valence-corrected chi connectivity index (χ3v) is 4.32. The average Bonchev–Trinajstić information content (AvgIpc) is 2.40. The monoisotopic (exact) mass is 328 g/mol. The standard InChI is InChI=1S/C15H22BrFN2/c1-15(2,10-19-12-5-7-18-8-6-12)13-9-11(16)3-4-14(13)17/h3-4,9,12,18-19H,5-8,10H2,1-2H3. The first-order chi connectivity index (χ1) is 8.99. The number of piperidine rings is 1. The lowest BCUT2D eigenvalue weighted by Crippen LogP contribution is -2.44. The molecule has 4 heteroatoms. The number of benzene rings is 1. The van der Waals surface area contributed by atoms with Gasteiger partial charge in [0.1, 0.15) is 5.82 Å². The summed E-state index contributed by atoms with van der Waals surface area (Å²) in [6, 6.07) is 5.72. The van der Waals surface area contributed by atoms with E-state index in [9.17, 15) is 4.39 Å². The number of rotatable bonds is 4. The second-order valence-corrected chi connectivity index (χ2v) is 6.83. The number of halogens is 2. The minimum absolute atomic E-state index is 0.125. The Hall–Kier alpha value is -0.450. The van der Waals surface area contributed by atoms with Crippen LogP contribution in [0, 0.1) is 5.82 Å². The fourth-order valence-electron chi connectivity index (χ4n) is 2.54. The molecule has 1 aliphatic heterocycles. The maximum absolute atomic E-state index is 14.0. The molecule has 106 valence electrons. The first-order valence-corrected chi connectivity index (χ1v) is 7.68. The molecule has 0 aromatic heterocycles. The van der Waals surface area contributed by atoms with Gasteiger partial charge in [-0.2, -0.15) is 0 Å². The Balaban J connectivity index is 2.02. The lowest BCUT2D eigenvalue weighted by molar-refractivity contribution is 0.347. The highest BCUT2D eigenvalue weighted by Crippen LogP contribution is 2.28. The molecule has 0 atom stereocenters. The largest absolute Gasteiger partial charge is 0.317 e. The van der Waals surface area contributed by atoms with Crippen molar-refractivity contribution in [2.75, 3.05) is 19.6 Å². The molecule has 2 nitrogen and oxygen atoms in total. The summed E-state index contributed by atoms with van der Waals surface area (Å²) in [5.41, 5.74) is 0.557. The lowest BCUT2D eigenvalue weighted by Gasteiger charge is -2.31. The Labute approximate surface area is 123 Å². The maximum atomic E-state index is 14.0. The molecule has 0 aliphatic carbocycles. The molecule has 1 aliphatic rings. The maximum Gasteiger partial charge on any atom is 0.127 e. The minimum atomic E-state index is -0.210. The van der Waals surface area contributed by atoms with Crippen molar-refractivity contribution in [3.63, 3.8) is 0 Å². The molecule has 0 radical (unpaired) electrons. The van der Waals surface area contributed by atoms with Crippen LogP contribution in [0.15, 0.2) is 22.7 Å². The van der Waals surface area contributed by atoms with Crippen LogP contribution in [0.1, 0.15) is 32.3 Å². The van der Waals surface area contributed by atoms with E-state index in [2.05, 4.69) is 40.4 Å². The summed E-state index contributed by atoms with van der Waals surface area (Å²) in [4.78, 5) is 0. The van der Waals surface area contributed by atoms with E-state index in [1.165, 1.54) is 6.07 Å². The van der Waals surface area contributed by atoms with Crippen LogP contribution < -0.4 is 10.6 Å². The van der Waals surface area contributed by atoms with Crippen molar-refractivity contribution >= 4 is 15.9 Å². The van der Waals surface area contributed by atoms with Crippen LogP contribution in [0.25, 0.3) is 0 Å². The van der Waals surface area contributed by atoms with Crippen molar-refractivity contribution in [1.82, 2.24) is 10.6 Å². The summed E-state index contributed by atoms with van der Waals surface area (Å²) in [6.07, 6.45) is 2.30. The van der Waals surface area contributed by atoms with Gasteiger partial charge in [0.05, 0.1) is 0 Å². The zero-order chi connectivity index (χ0) is 13.9. The molecule has 0 amide bonds. The molecule has 1 aromatic rings. The van der Waals surface area contributed by atoms with Crippen LogP contribution in [0.3, 0.4) is 0 Å². The normalized spacial score (nSPS) is 17.7. The van der Waals surface area contributed by atoms with E-state index in [0.717, 1.165) is 42.5 Å². The summed E-state index contributed by atoms with van der Waals surface area (Å²) in [7, 11) is 0. The molecule has 0 bridgehead atoms. The van der Waals surface area contributed by atoms with Crippen molar-refractivity contribution < 1.29 is 4.39 Å². The molecule has 19 heavy (non-hydrogen) atoms. The van der Waals surface area contributed by atoms with E-state index < -0.39 is 0 Å². The van der Waals surface area contributed by atoms with E-state index >= 15 is 0 Å². The molecule has 1 aromatic carbocycles. The quantitative estimate of drug-likeness (QED) is 0.886. The minimum Gasteiger partial charge on any atom is -0.317 e. The van der Waals surface area contributed by atoms with Gasteiger partial charge < -0.3 is 10.6 Å². The Kier molecular flexibility index (Phi) is 4.98. The molecule has 1 fully saturated rings. The molecular weight excluding hydrogens is 307 g/mol. The zero-order valence-electron chi connectivity index (χ0n) is 11.6. The Morgan fingerprint density at radius 2 is 2.05 bits per heavy atom. The fraction of sp³-hybridized carbons (Fsp3) is 0.600. The molecule has 0 saturated carbocycles. The van der Waals surface area contributed by atoms with Gasteiger partial charge in [-0.15, -0.1) is 0 Å². The zero-order valence-corrected chi connectivity index (χ0v) is 13.2. The molecule has 0 spiro atoms. The average molecular weight is 329 g/mol. The van der Waals surface area contributed by atoms with Crippen molar-refractivity contribution in [1.29, 1.82) is 0 Å². The summed E-state index contributed by atoms with van der Waals surface area (Å²) in [5.74, 6) is -0.125. The fourth-order valence-corrected chi connectivity index (χ4v) is 2.90. The second-order valence-electron chi connectivity index (χ2n) is 5.91. The first kappa shape index (κ1) is 14.9. The van der Waals surface area contributed by atoms with Gasteiger partial charge in [0.15, 0.2) is 0 Å². The van der Waals surface area contributed by atoms with Crippen molar-refractivity contribution in [3.05, 3.63) is 34.1 Å². The Morgan fingerprint density at radius 3 is 2.74 bits per heavy atom. The van der Waals surface area contributed by atoms with Gasteiger partial charge in [-0.1, -0.05) is 29.8 Å². The van der Waals surface area contributed by atoms with E-state index in [1.807, 2.05) is 6.07 Å². The van der Waals surface area contributed by atoms with E-state index in [0.29, 0.717) is 6.04 Å².